The number of hydrogen-bond acceptors (Lipinski definition) is 4. The molecule has 0 aliphatic carbocycles. The first-order valence-corrected chi connectivity index (χ1v) is 7.55. The van der Waals surface area contributed by atoms with Crippen molar-refractivity contribution in [3.05, 3.63) is 29.6 Å². The molecular formula is C12H16FN3O2S. The first-order chi connectivity index (χ1) is 9.00. The Hall–Kier alpha value is -1.65. The zero-order valence-electron chi connectivity index (χ0n) is 10.6. The van der Waals surface area contributed by atoms with E-state index in [-0.39, 0.29) is 11.3 Å². The fourth-order valence-corrected chi connectivity index (χ4v) is 2.09. The lowest BCUT2D eigenvalue weighted by Crippen LogP contribution is -2.27. The van der Waals surface area contributed by atoms with Gasteiger partial charge in [-0.1, -0.05) is 6.07 Å². The molecule has 0 radical (unpaired) electrons. The molecule has 2 N–H and O–H groups in total. The van der Waals surface area contributed by atoms with Gasteiger partial charge in [0.05, 0.1) is 11.4 Å². The topological polar surface area (TPSA) is 82.0 Å². The van der Waals surface area contributed by atoms with Gasteiger partial charge in [-0.05, 0) is 25.5 Å². The molecule has 0 bridgehead atoms. The number of nitriles is 1. The van der Waals surface area contributed by atoms with Gasteiger partial charge in [0.15, 0.2) is 0 Å². The van der Waals surface area contributed by atoms with Gasteiger partial charge in [0.25, 0.3) is 0 Å². The van der Waals surface area contributed by atoms with Gasteiger partial charge >= 0.3 is 0 Å². The predicted octanol–water partition coefficient (Wildman–Crippen LogP) is 1.44. The Morgan fingerprint density at radius 1 is 1.37 bits per heavy atom. The van der Waals surface area contributed by atoms with E-state index in [1.165, 1.54) is 12.1 Å². The van der Waals surface area contributed by atoms with E-state index in [0.717, 1.165) is 0 Å². The molecule has 0 aliphatic heterocycles. The smallest absolute Gasteiger partial charge is 0.211 e. The molecule has 0 aromatic heterocycles. The third-order valence-electron chi connectivity index (χ3n) is 2.50. The zero-order chi connectivity index (χ0) is 14.3. The molecule has 0 saturated carbocycles. The van der Waals surface area contributed by atoms with Crippen LogP contribution in [0.1, 0.15) is 18.9 Å². The summed E-state index contributed by atoms with van der Waals surface area (Å²) in [6, 6.07) is 6.13. The Morgan fingerprint density at radius 2 is 2.11 bits per heavy atom. The third-order valence-corrected chi connectivity index (χ3v) is 3.90. The minimum Gasteiger partial charge on any atom is -0.384 e. The lowest BCUT2D eigenvalue weighted by Gasteiger charge is -2.09. The van der Waals surface area contributed by atoms with Crippen molar-refractivity contribution >= 4 is 15.7 Å². The second kappa shape index (κ2) is 7.07. The summed E-state index contributed by atoms with van der Waals surface area (Å²) < 4.78 is 38.0. The van der Waals surface area contributed by atoms with Crippen LogP contribution in [0.25, 0.3) is 0 Å². The Bertz CT molecular complexity index is 567. The maximum absolute atomic E-state index is 13.3. The largest absolute Gasteiger partial charge is 0.384 e. The average Bonchev–Trinajstić information content (AvgIpc) is 2.38. The summed E-state index contributed by atoms with van der Waals surface area (Å²) in [6.07, 6.45) is 0.542. The van der Waals surface area contributed by atoms with Crippen LogP contribution in [0.2, 0.25) is 0 Å². The lowest BCUT2D eigenvalue weighted by atomic mass is 10.2. The van der Waals surface area contributed by atoms with E-state index < -0.39 is 15.8 Å². The van der Waals surface area contributed by atoms with Crippen LogP contribution in [0.3, 0.4) is 0 Å². The molecule has 104 valence electrons. The molecule has 0 heterocycles. The van der Waals surface area contributed by atoms with Crippen molar-refractivity contribution < 1.29 is 12.8 Å². The molecule has 0 atom stereocenters. The number of halogens is 1. The van der Waals surface area contributed by atoms with Gasteiger partial charge in [-0.3, -0.25) is 0 Å². The minimum atomic E-state index is -3.17. The maximum Gasteiger partial charge on any atom is 0.211 e. The molecule has 0 amide bonds. The van der Waals surface area contributed by atoms with Crippen LogP contribution in [0, 0.1) is 17.1 Å². The molecule has 19 heavy (non-hydrogen) atoms. The zero-order valence-corrected chi connectivity index (χ0v) is 11.4. The van der Waals surface area contributed by atoms with Crippen LogP contribution in [0.4, 0.5) is 10.1 Å². The predicted molar refractivity (Wildman–Crippen MR) is 71.7 cm³/mol. The van der Waals surface area contributed by atoms with Gasteiger partial charge in [0.1, 0.15) is 17.4 Å². The van der Waals surface area contributed by atoms with E-state index in [0.29, 0.717) is 25.2 Å². The standard InChI is InChI=1S/C12H16FN3O2S/c1-2-19(17,18)16-8-4-7-15-12-6-3-5-11(13)10(12)9-14/h3,5-6,15-16H,2,4,7-8H2,1H3. The van der Waals surface area contributed by atoms with Gasteiger partial charge in [0.2, 0.25) is 10.0 Å². The molecule has 7 heteroatoms. The highest BCUT2D eigenvalue weighted by Crippen LogP contribution is 2.17. The highest BCUT2D eigenvalue weighted by molar-refractivity contribution is 7.89. The van der Waals surface area contributed by atoms with Gasteiger partial charge in [-0.15, -0.1) is 0 Å². The van der Waals surface area contributed by atoms with E-state index in [9.17, 15) is 12.8 Å². The van der Waals surface area contributed by atoms with E-state index in [4.69, 9.17) is 5.26 Å². The summed E-state index contributed by atoms with van der Waals surface area (Å²) in [4.78, 5) is 0. The molecule has 5 nitrogen and oxygen atoms in total. The van der Waals surface area contributed by atoms with Gasteiger partial charge in [0, 0.05) is 13.1 Å². The second-order valence-corrected chi connectivity index (χ2v) is 5.95. The summed E-state index contributed by atoms with van der Waals surface area (Å²) in [7, 11) is -3.17. The number of hydrogen-bond donors (Lipinski definition) is 2. The van der Waals surface area contributed by atoms with Crippen molar-refractivity contribution in [1.82, 2.24) is 4.72 Å². The fourth-order valence-electron chi connectivity index (χ4n) is 1.43. The van der Waals surface area contributed by atoms with Crippen LogP contribution in [-0.2, 0) is 10.0 Å². The van der Waals surface area contributed by atoms with Crippen LogP contribution in [-0.4, -0.2) is 27.3 Å². The molecule has 1 aromatic carbocycles. The average molecular weight is 285 g/mol. The Morgan fingerprint density at radius 3 is 2.74 bits per heavy atom. The van der Waals surface area contributed by atoms with Crippen molar-refractivity contribution in [3.8, 4) is 6.07 Å². The van der Waals surface area contributed by atoms with Crippen LogP contribution < -0.4 is 10.0 Å². The van der Waals surface area contributed by atoms with Gasteiger partial charge in [-0.25, -0.2) is 17.5 Å². The van der Waals surface area contributed by atoms with Crippen LogP contribution in [0.5, 0.6) is 0 Å². The number of anilines is 1. The number of rotatable bonds is 7. The lowest BCUT2D eigenvalue weighted by molar-refractivity contribution is 0.581. The SMILES string of the molecule is CCS(=O)(=O)NCCCNc1cccc(F)c1C#N. The molecule has 0 spiro atoms. The Balaban J connectivity index is 2.43. The van der Waals surface area contributed by atoms with E-state index in [1.54, 1.807) is 19.1 Å². The van der Waals surface area contributed by atoms with Crippen molar-refractivity contribution in [2.24, 2.45) is 0 Å². The van der Waals surface area contributed by atoms with E-state index >= 15 is 0 Å². The van der Waals surface area contributed by atoms with Crippen LogP contribution >= 0.6 is 0 Å². The highest BCUT2D eigenvalue weighted by Gasteiger charge is 2.07. The number of nitrogens with one attached hydrogen (secondary N) is 2. The molecule has 1 rings (SSSR count). The Kier molecular flexibility index (Phi) is 5.73. The fraction of sp³-hybridized carbons (Fsp3) is 0.417. The molecular weight excluding hydrogens is 269 g/mol. The second-order valence-electron chi connectivity index (χ2n) is 3.85. The quantitative estimate of drug-likeness (QED) is 0.743. The molecule has 0 saturated heterocycles. The molecule has 0 unspecified atom stereocenters. The third kappa shape index (κ3) is 4.85. The highest BCUT2D eigenvalue weighted by atomic mass is 32.2. The van der Waals surface area contributed by atoms with E-state index in [1.807, 2.05) is 0 Å². The van der Waals surface area contributed by atoms with Crippen molar-refractivity contribution in [2.45, 2.75) is 13.3 Å². The summed E-state index contributed by atoms with van der Waals surface area (Å²) >= 11 is 0. The molecule has 0 fully saturated rings. The van der Waals surface area contributed by atoms with Gasteiger partial charge in [-0.2, -0.15) is 5.26 Å². The van der Waals surface area contributed by atoms with Crippen molar-refractivity contribution in [3.63, 3.8) is 0 Å². The summed E-state index contributed by atoms with van der Waals surface area (Å²) in [5, 5.41) is 11.7. The molecule has 1 aromatic rings. The normalized spacial score (nSPS) is 11.0. The number of benzene rings is 1. The van der Waals surface area contributed by atoms with E-state index in [2.05, 4.69) is 10.0 Å². The van der Waals surface area contributed by atoms with Crippen LogP contribution in [0.15, 0.2) is 18.2 Å². The monoisotopic (exact) mass is 285 g/mol. The van der Waals surface area contributed by atoms with Crippen molar-refractivity contribution in [2.75, 3.05) is 24.2 Å². The minimum absolute atomic E-state index is 0.0309. The first kappa shape index (κ1) is 15.4. The maximum atomic E-state index is 13.3. The Labute approximate surface area is 112 Å². The summed E-state index contributed by atoms with van der Waals surface area (Å²) in [6.45, 7) is 2.32. The van der Waals surface area contributed by atoms with Crippen molar-refractivity contribution in [1.29, 1.82) is 5.26 Å². The number of sulfonamides is 1. The first-order valence-electron chi connectivity index (χ1n) is 5.90. The summed E-state index contributed by atoms with van der Waals surface area (Å²) in [5.41, 5.74) is 0.387. The number of nitrogens with zero attached hydrogens (tertiary/aromatic N) is 1. The molecule has 0 aliphatic rings. The van der Waals surface area contributed by atoms with Gasteiger partial charge < -0.3 is 5.32 Å². The summed E-state index contributed by atoms with van der Waals surface area (Å²) in [5.74, 6) is -0.526.